The Morgan fingerprint density at radius 3 is 1.43 bits per heavy atom. The van der Waals surface area contributed by atoms with Crippen molar-refractivity contribution in [2.45, 2.75) is 5.54 Å². The van der Waals surface area contributed by atoms with Crippen molar-refractivity contribution in [3.05, 3.63) is 162 Å². The fourth-order valence-corrected chi connectivity index (χ4v) is 4.20. The molecule has 0 aliphatic carbocycles. The van der Waals surface area contributed by atoms with E-state index in [-0.39, 0.29) is 0 Å². The number of aliphatic imine (C=N–C) groups is 1. The Kier molecular flexibility index (Phi) is 6.63. The average Bonchev–Trinajstić information content (AvgIpc) is 2.94. The maximum atomic E-state index is 5.46. The molecule has 170 valence electrons. The monoisotopic (exact) mass is 454 g/mol. The van der Waals surface area contributed by atoms with E-state index in [4.69, 9.17) is 4.99 Å². The highest BCUT2D eigenvalue weighted by Gasteiger charge is 2.36. The van der Waals surface area contributed by atoms with Gasteiger partial charge < -0.3 is 10.6 Å². The van der Waals surface area contributed by atoms with Crippen molar-refractivity contribution in [2.75, 3.05) is 10.6 Å². The summed E-state index contributed by atoms with van der Waals surface area (Å²) in [5.41, 5.74) is 3.31. The number of aromatic nitrogens is 1. The summed E-state index contributed by atoms with van der Waals surface area (Å²) in [6.45, 7) is 0. The molecule has 4 nitrogen and oxygen atoms in total. The number of nitrogens with zero attached hydrogens (tertiary/aromatic N) is 2. The fraction of sp³-hybridized carbons (Fsp3) is 0.0323. The van der Waals surface area contributed by atoms with Crippen LogP contribution in [0.2, 0.25) is 0 Å². The Labute approximate surface area is 206 Å². The van der Waals surface area contributed by atoms with Crippen molar-refractivity contribution >= 4 is 17.5 Å². The molecule has 2 N–H and O–H groups in total. The first-order valence-electron chi connectivity index (χ1n) is 11.6. The second kappa shape index (κ2) is 10.5. The maximum Gasteiger partial charge on any atom is 0.203 e. The van der Waals surface area contributed by atoms with Gasteiger partial charge in [0.15, 0.2) is 0 Å². The van der Waals surface area contributed by atoms with Gasteiger partial charge in [0.25, 0.3) is 0 Å². The van der Waals surface area contributed by atoms with Crippen LogP contribution in [0.1, 0.15) is 16.7 Å². The molecule has 0 unspecified atom stereocenters. The minimum Gasteiger partial charge on any atom is -0.326 e. The average molecular weight is 455 g/mol. The number of hydrogen-bond donors (Lipinski definition) is 2. The van der Waals surface area contributed by atoms with Gasteiger partial charge in [-0.25, -0.2) is 9.98 Å². The molecule has 0 bridgehead atoms. The Morgan fingerprint density at radius 2 is 0.971 bits per heavy atom. The number of rotatable bonds is 6. The summed E-state index contributed by atoms with van der Waals surface area (Å²) in [4.78, 5) is 9.94. The number of guanidine groups is 1. The van der Waals surface area contributed by atoms with Gasteiger partial charge in [-0.3, -0.25) is 0 Å². The molecular weight excluding hydrogens is 428 g/mol. The number of pyridine rings is 1. The van der Waals surface area contributed by atoms with E-state index < -0.39 is 5.54 Å². The van der Waals surface area contributed by atoms with E-state index in [1.165, 1.54) is 0 Å². The van der Waals surface area contributed by atoms with E-state index in [0.717, 1.165) is 22.4 Å². The minimum atomic E-state index is -0.803. The van der Waals surface area contributed by atoms with Crippen LogP contribution in [-0.4, -0.2) is 10.9 Å². The third-order valence-corrected chi connectivity index (χ3v) is 5.80. The van der Waals surface area contributed by atoms with Crippen LogP contribution >= 0.6 is 0 Å². The van der Waals surface area contributed by atoms with Crippen LogP contribution in [0.4, 0.5) is 11.5 Å². The lowest BCUT2D eigenvalue weighted by Crippen LogP contribution is -2.33. The van der Waals surface area contributed by atoms with Crippen LogP contribution in [0.3, 0.4) is 0 Å². The zero-order chi connectivity index (χ0) is 23.8. The molecule has 5 aromatic rings. The minimum absolute atomic E-state index is 0.589. The van der Waals surface area contributed by atoms with E-state index in [9.17, 15) is 0 Å². The smallest absolute Gasteiger partial charge is 0.203 e. The maximum absolute atomic E-state index is 5.46. The second-order valence-corrected chi connectivity index (χ2v) is 8.10. The Bertz CT molecular complexity index is 1210. The first-order chi connectivity index (χ1) is 17.3. The lowest BCUT2D eigenvalue weighted by atomic mass is 9.77. The van der Waals surface area contributed by atoms with Crippen LogP contribution in [-0.2, 0) is 5.54 Å². The van der Waals surface area contributed by atoms with Gasteiger partial charge >= 0.3 is 0 Å². The standard InChI is InChI=1S/C31H26N4/c1-5-15-25(16-6-1)31(26-17-7-2-8-18-26,27-19-9-3-10-20-27)35-30(33-28-21-11-4-12-22-28)34-29-23-13-14-24-32-29/h1-24H,(H2,32,33,34,35). The second-order valence-electron chi connectivity index (χ2n) is 8.10. The van der Waals surface area contributed by atoms with E-state index in [0.29, 0.717) is 11.8 Å². The van der Waals surface area contributed by atoms with Crippen LogP contribution in [0.15, 0.2) is 151 Å². The van der Waals surface area contributed by atoms with E-state index in [1.54, 1.807) is 6.20 Å². The molecule has 1 aromatic heterocycles. The molecule has 0 atom stereocenters. The van der Waals surface area contributed by atoms with Gasteiger partial charge in [0.05, 0.1) is 0 Å². The first kappa shape index (κ1) is 22.1. The predicted molar refractivity (Wildman–Crippen MR) is 145 cm³/mol. The number of benzene rings is 4. The molecule has 0 saturated heterocycles. The number of nitrogens with one attached hydrogen (secondary N) is 2. The van der Waals surface area contributed by atoms with Crippen molar-refractivity contribution < 1.29 is 0 Å². The Morgan fingerprint density at radius 1 is 0.514 bits per heavy atom. The highest BCUT2D eigenvalue weighted by Crippen LogP contribution is 2.40. The Balaban J connectivity index is 1.76. The lowest BCUT2D eigenvalue weighted by molar-refractivity contribution is 0.656. The van der Waals surface area contributed by atoms with Crippen LogP contribution < -0.4 is 10.6 Å². The zero-order valence-corrected chi connectivity index (χ0v) is 19.3. The highest BCUT2D eigenvalue weighted by molar-refractivity contribution is 6.03. The lowest BCUT2D eigenvalue weighted by Gasteiger charge is -2.33. The normalized spacial score (nSPS) is 11.6. The third kappa shape index (κ3) is 4.97. The molecule has 0 aliphatic heterocycles. The van der Waals surface area contributed by atoms with Gasteiger partial charge in [0.2, 0.25) is 5.96 Å². The molecule has 4 aromatic carbocycles. The van der Waals surface area contributed by atoms with Crippen molar-refractivity contribution in [3.63, 3.8) is 0 Å². The van der Waals surface area contributed by atoms with Crippen LogP contribution in [0.5, 0.6) is 0 Å². The number of para-hydroxylation sites is 1. The fourth-order valence-electron chi connectivity index (χ4n) is 4.20. The summed E-state index contributed by atoms with van der Waals surface area (Å²) >= 11 is 0. The quantitative estimate of drug-likeness (QED) is 0.166. The molecule has 0 saturated carbocycles. The van der Waals surface area contributed by atoms with Gasteiger partial charge in [-0.15, -0.1) is 0 Å². The van der Waals surface area contributed by atoms with Gasteiger partial charge in [0.1, 0.15) is 11.4 Å². The summed E-state index contributed by atoms with van der Waals surface area (Å²) in [6.07, 6.45) is 1.77. The number of hydrogen-bond acceptors (Lipinski definition) is 2. The topological polar surface area (TPSA) is 49.3 Å². The zero-order valence-electron chi connectivity index (χ0n) is 19.3. The highest BCUT2D eigenvalue weighted by atomic mass is 15.2. The molecule has 0 amide bonds. The molecule has 0 aliphatic rings. The third-order valence-electron chi connectivity index (χ3n) is 5.80. The van der Waals surface area contributed by atoms with E-state index in [2.05, 4.69) is 88.4 Å². The molecule has 4 heteroatoms. The summed E-state index contributed by atoms with van der Waals surface area (Å²) in [6, 6.07) is 47.0. The Hall–Kier alpha value is -4.70. The van der Waals surface area contributed by atoms with Gasteiger partial charge in [-0.1, -0.05) is 115 Å². The largest absolute Gasteiger partial charge is 0.326 e. The summed E-state index contributed by atoms with van der Waals surface area (Å²) < 4.78 is 0. The molecule has 5 rings (SSSR count). The molecular formula is C31H26N4. The summed E-state index contributed by atoms with van der Waals surface area (Å²) in [5.74, 6) is 1.30. The molecule has 0 radical (unpaired) electrons. The van der Waals surface area contributed by atoms with Crippen LogP contribution in [0, 0.1) is 0 Å². The van der Waals surface area contributed by atoms with Crippen LogP contribution in [0.25, 0.3) is 0 Å². The van der Waals surface area contributed by atoms with Gasteiger partial charge in [0, 0.05) is 11.9 Å². The van der Waals surface area contributed by atoms with Crippen molar-refractivity contribution in [1.29, 1.82) is 0 Å². The van der Waals surface area contributed by atoms with Crippen molar-refractivity contribution in [1.82, 2.24) is 4.98 Å². The van der Waals surface area contributed by atoms with E-state index in [1.807, 2.05) is 66.7 Å². The van der Waals surface area contributed by atoms with E-state index >= 15 is 0 Å². The predicted octanol–water partition coefficient (Wildman–Crippen LogP) is 6.95. The SMILES string of the molecule is c1ccc(NC(=NC(c2ccccc2)(c2ccccc2)c2ccccc2)Nc2ccccn2)cc1. The molecule has 0 fully saturated rings. The number of anilines is 2. The summed E-state index contributed by atoms with van der Waals surface area (Å²) in [5, 5.41) is 6.91. The molecule has 35 heavy (non-hydrogen) atoms. The van der Waals surface area contributed by atoms with Gasteiger partial charge in [-0.05, 0) is 41.0 Å². The summed E-state index contributed by atoms with van der Waals surface area (Å²) in [7, 11) is 0. The molecule has 1 heterocycles. The first-order valence-corrected chi connectivity index (χ1v) is 11.6. The van der Waals surface area contributed by atoms with Gasteiger partial charge in [-0.2, -0.15) is 0 Å². The van der Waals surface area contributed by atoms with Crippen molar-refractivity contribution in [3.8, 4) is 0 Å². The molecule has 0 spiro atoms. The van der Waals surface area contributed by atoms with Crippen molar-refractivity contribution in [2.24, 2.45) is 4.99 Å².